The van der Waals surface area contributed by atoms with E-state index in [-0.39, 0.29) is 0 Å². The van der Waals surface area contributed by atoms with E-state index in [4.69, 9.17) is 5.73 Å². The van der Waals surface area contributed by atoms with E-state index in [0.717, 1.165) is 0 Å². The van der Waals surface area contributed by atoms with Crippen molar-refractivity contribution in [1.29, 1.82) is 0 Å². The van der Waals surface area contributed by atoms with Gasteiger partial charge in [0, 0.05) is 0 Å². The second kappa shape index (κ2) is 2.11. The molecule has 0 saturated heterocycles. The van der Waals surface area contributed by atoms with Crippen LogP contribution >= 0.6 is 0 Å². The van der Waals surface area contributed by atoms with E-state index in [1.165, 1.54) is 0 Å². The molecular formula is C2H5NOS. The van der Waals surface area contributed by atoms with Gasteiger partial charge in [0.25, 0.3) is 0 Å². The molecule has 0 aliphatic carbocycles. The van der Waals surface area contributed by atoms with Crippen LogP contribution in [0.2, 0.25) is 0 Å². The summed E-state index contributed by atoms with van der Waals surface area (Å²) < 4.78 is 9.38. The first-order valence-corrected chi connectivity index (χ1v) is 1.90. The fourth-order valence-corrected chi connectivity index (χ4v) is 0. The van der Waals surface area contributed by atoms with Crippen molar-refractivity contribution in [2.24, 2.45) is 5.73 Å². The molecule has 0 amide bonds. The van der Waals surface area contributed by atoms with Crippen LogP contribution in [0.1, 0.15) is 6.92 Å². The Kier molecular flexibility index (Phi) is 2.05. The van der Waals surface area contributed by atoms with Crippen molar-refractivity contribution in [2.45, 2.75) is 6.92 Å². The quantitative estimate of drug-likeness (QED) is 0.403. The van der Waals surface area contributed by atoms with Gasteiger partial charge in [-0.05, 0) is 6.92 Å². The average Bonchev–Trinajstić information content (AvgIpc) is 1.38. The minimum atomic E-state index is 0.324. The molecule has 0 fully saturated rings. The Hall–Kier alpha value is -0.150. The maximum absolute atomic E-state index is 9.38. The van der Waals surface area contributed by atoms with Crippen molar-refractivity contribution >= 4 is 16.2 Å². The lowest BCUT2D eigenvalue weighted by Crippen LogP contribution is -2.02. The third kappa shape index (κ3) is 3.85. The van der Waals surface area contributed by atoms with Crippen LogP contribution < -0.4 is 5.73 Å². The maximum Gasteiger partial charge on any atom is 0.103 e. The van der Waals surface area contributed by atoms with Crippen molar-refractivity contribution in [3.63, 3.8) is 0 Å². The Bertz CT molecular complexity index is 69.7. The molecule has 0 rings (SSSR count). The normalized spacial score (nSPS) is 6.80. The molecule has 2 N–H and O–H groups in total. The number of rotatable bonds is 0. The van der Waals surface area contributed by atoms with Gasteiger partial charge in [0.05, 0.1) is 4.99 Å². The summed E-state index contributed by atoms with van der Waals surface area (Å²) in [6.07, 6.45) is 0. The Labute approximate surface area is 34.1 Å². The fourth-order valence-electron chi connectivity index (χ4n) is 0. The van der Waals surface area contributed by atoms with Crippen LogP contribution in [-0.4, -0.2) is 9.20 Å². The lowest BCUT2D eigenvalue weighted by Gasteiger charge is -1.64. The van der Waals surface area contributed by atoms with Gasteiger partial charge in [0.15, 0.2) is 0 Å². The molecule has 0 aromatic carbocycles. The molecule has 0 aliphatic heterocycles. The minimum Gasteiger partial charge on any atom is -0.295 e. The topological polar surface area (TPSA) is 43.1 Å². The minimum absolute atomic E-state index is 0.324. The highest BCUT2D eigenvalue weighted by atomic mass is 32.1. The molecule has 0 aromatic heterocycles. The smallest absolute Gasteiger partial charge is 0.103 e. The van der Waals surface area contributed by atoms with Crippen LogP contribution in [-0.2, 0) is 11.3 Å². The first-order valence-electron chi connectivity index (χ1n) is 1.16. The molecule has 0 aromatic rings. The van der Waals surface area contributed by atoms with Gasteiger partial charge in [0.1, 0.15) is 11.3 Å². The molecule has 0 aliphatic rings. The Morgan fingerprint density at radius 1 is 2.00 bits per heavy atom. The Morgan fingerprint density at radius 3 is 2.20 bits per heavy atom. The van der Waals surface area contributed by atoms with Crippen molar-refractivity contribution in [3.8, 4) is 0 Å². The molecule has 0 spiro atoms. The van der Waals surface area contributed by atoms with Gasteiger partial charge in [-0.15, -0.1) is 0 Å². The molecule has 30 valence electrons. The van der Waals surface area contributed by atoms with Crippen LogP contribution in [0.15, 0.2) is 0 Å². The predicted octanol–water partition coefficient (Wildman–Crippen LogP) is -0.692. The third-order valence-electron chi connectivity index (χ3n) is 0.131. The predicted molar refractivity (Wildman–Crippen MR) is 23.0 cm³/mol. The lowest BCUT2D eigenvalue weighted by atomic mass is 11.5. The molecule has 0 atom stereocenters. The molecule has 2 nitrogen and oxygen atoms in total. The van der Waals surface area contributed by atoms with Crippen molar-refractivity contribution < 1.29 is 4.21 Å². The zero-order valence-corrected chi connectivity index (χ0v) is 3.71. The zero-order chi connectivity index (χ0) is 4.28. The highest BCUT2D eigenvalue weighted by molar-refractivity contribution is 7.66. The molecule has 5 heavy (non-hydrogen) atoms. The maximum atomic E-state index is 9.38. The van der Waals surface area contributed by atoms with E-state index < -0.39 is 0 Å². The van der Waals surface area contributed by atoms with E-state index in [9.17, 15) is 4.21 Å². The summed E-state index contributed by atoms with van der Waals surface area (Å²) in [5.41, 5.74) is 4.86. The van der Waals surface area contributed by atoms with Crippen LogP contribution in [0.4, 0.5) is 0 Å². The highest BCUT2D eigenvalue weighted by Crippen LogP contribution is 1.39. The van der Waals surface area contributed by atoms with Crippen LogP contribution in [0, 0.1) is 0 Å². The largest absolute Gasteiger partial charge is 0.295 e. The number of nitrogens with two attached hydrogens (primary N) is 1. The lowest BCUT2D eigenvalue weighted by molar-refractivity contribution is 0.701. The van der Waals surface area contributed by atoms with E-state index in [1.807, 2.05) is 0 Å². The monoisotopic (exact) mass is 93.0 g/mol. The summed E-state index contributed by atoms with van der Waals surface area (Å²) in [5.74, 6) is 0. The van der Waals surface area contributed by atoms with E-state index in [2.05, 4.69) is 0 Å². The highest BCUT2D eigenvalue weighted by Gasteiger charge is 1.62. The van der Waals surface area contributed by atoms with Gasteiger partial charge in [-0.2, -0.15) is 0 Å². The van der Waals surface area contributed by atoms with Crippen LogP contribution in [0.5, 0.6) is 0 Å². The van der Waals surface area contributed by atoms with Gasteiger partial charge in [0.2, 0.25) is 0 Å². The standard InChI is InChI=1S/C2H5NOS/c1-2(3)5-4/h3H2,1H3/i2+2. The van der Waals surface area contributed by atoms with Crippen LogP contribution in [0.25, 0.3) is 0 Å². The van der Waals surface area contributed by atoms with Crippen molar-refractivity contribution in [3.05, 3.63) is 0 Å². The number of hydrogen-bond acceptors (Lipinski definition) is 1. The van der Waals surface area contributed by atoms with Crippen LogP contribution in [0.3, 0.4) is 0 Å². The summed E-state index contributed by atoms with van der Waals surface area (Å²) in [4.78, 5) is 0.366. The Balaban J connectivity index is 3.60. The first kappa shape index (κ1) is 4.85. The average molecular weight is 93.1 g/mol. The van der Waals surface area contributed by atoms with Gasteiger partial charge in [-0.25, -0.2) is 4.21 Å². The summed E-state index contributed by atoms with van der Waals surface area (Å²) in [7, 11) is 0. The molecule has 0 unspecified atom stereocenters. The second-order valence-corrected chi connectivity index (χ2v) is 1.50. The summed E-state index contributed by atoms with van der Waals surface area (Å²) >= 11 is 0.324. The summed E-state index contributed by atoms with van der Waals surface area (Å²) in [5, 5.41) is 0. The van der Waals surface area contributed by atoms with Crippen molar-refractivity contribution in [1.82, 2.24) is 0 Å². The van der Waals surface area contributed by atoms with Crippen molar-refractivity contribution in [2.75, 3.05) is 0 Å². The van der Waals surface area contributed by atoms with Gasteiger partial charge in [-0.1, -0.05) is 0 Å². The van der Waals surface area contributed by atoms with E-state index >= 15 is 0 Å². The van der Waals surface area contributed by atoms with Gasteiger partial charge < -0.3 is 0 Å². The molecule has 3 heteroatoms. The molecule has 0 radical (unpaired) electrons. The second-order valence-electron chi connectivity index (χ2n) is 0.694. The SMILES string of the molecule is C[14C](N)=S=O. The first-order chi connectivity index (χ1) is 2.27. The summed E-state index contributed by atoms with van der Waals surface area (Å²) in [6.45, 7) is 1.57. The Morgan fingerprint density at radius 2 is 2.20 bits per heavy atom. The zero-order valence-electron chi connectivity index (χ0n) is 2.89. The van der Waals surface area contributed by atoms with Gasteiger partial charge >= 0.3 is 0 Å². The fraction of sp³-hybridized carbons (Fsp3) is 0.500. The molecule has 0 saturated carbocycles. The molecule has 0 heterocycles. The van der Waals surface area contributed by atoms with Gasteiger partial charge in [-0.3, -0.25) is 5.73 Å². The van der Waals surface area contributed by atoms with E-state index in [0.29, 0.717) is 16.2 Å². The van der Waals surface area contributed by atoms with E-state index in [1.54, 1.807) is 6.92 Å². The molecule has 0 bridgehead atoms. The third-order valence-corrected chi connectivity index (χ3v) is 0.394. The number of hydrogen-bond donors (Lipinski definition) is 1. The summed E-state index contributed by atoms with van der Waals surface area (Å²) in [6, 6.07) is 0. The molecular weight excluding hydrogens is 88.1 g/mol.